The third-order valence-corrected chi connectivity index (χ3v) is 1.23. The van der Waals surface area contributed by atoms with Gasteiger partial charge in [-0.25, -0.2) is 0 Å². The molecule has 0 bridgehead atoms. The fourth-order valence-corrected chi connectivity index (χ4v) is 0.648. The highest BCUT2D eigenvalue weighted by Crippen LogP contribution is 1.94. The predicted molar refractivity (Wildman–Crippen MR) is 51.3 cm³/mol. The van der Waals surface area contributed by atoms with Crippen LogP contribution >= 0.6 is 0 Å². The molecule has 0 unspecified atom stereocenters. The van der Waals surface area contributed by atoms with E-state index in [4.69, 9.17) is 0 Å². The minimum Gasteiger partial charge on any atom is -0.385 e. The van der Waals surface area contributed by atoms with Crippen molar-refractivity contribution in [2.45, 2.75) is 13.8 Å². The van der Waals surface area contributed by atoms with Crippen LogP contribution in [0.25, 0.3) is 0 Å². The smallest absolute Gasteiger partial charge is 0.0334 e. The van der Waals surface area contributed by atoms with Gasteiger partial charge in [0.1, 0.15) is 0 Å². The van der Waals surface area contributed by atoms with Crippen molar-refractivity contribution in [2.75, 3.05) is 6.54 Å². The molecule has 0 aliphatic rings. The quantitative estimate of drug-likeness (QED) is 0.595. The zero-order valence-corrected chi connectivity index (χ0v) is 7.43. The molecule has 0 aliphatic carbocycles. The maximum Gasteiger partial charge on any atom is 0.0334 e. The van der Waals surface area contributed by atoms with Gasteiger partial charge in [-0.15, -0.1) is 0 Å². The molecular formula is C10H17N. The summed E-state index contributed by atoms with van der Waals surface area (Å²) in [5.41, 5.74) is 1.04. The van der Waals surface area contributed by atoms with Gasteiger partial charge in [0.25, 0.3) is 0 Å². The number of allylic oxidation sites excluding steroid dienone is 3. The van der Waals surface area contributed by atoms with E-state index in [0.717, 1.165) is 12.2 Å². The normalized spacial score (nSPS) is 11.4. The lowest BCUT2D eigenvalue weighted by Gasteiger charge is -2.08. The summed E-state index contributed by atoms with van der Waals surface area (Å²) in [6.07, 6.45) is 5.46. The Labute approximate surface area is 69.5 Å². The van der Waals surface area contributed by atoms with Gasteiger partial charge in [-0.2, -0.15) is 0 Å². The van der Waals surface area contributed by atoms with E-state index in [1.54, 1.807) is 12.2 Å². The van der Waals surface area contributed by atoms with Gasteiger partial charge in [-0.3, -0.25) is 0 Å². The van der Waals surface area contributed by atoms with Crippen molar-refractivity contribution in [3.63, 3.8) is 0 Å². The van der Waals surface area contributed by atoms with Gasteiger partial charge in [0, 0.05) is 12.2 Å². The maximum absolute atomic E-state index is 3.68. The average molecular weight is 151 g/mol. The molecule has 0 aromatic carbocycles. The van der Waals surface area contributed by atoms with E-state index in [2.05, 4.69) is 32.3 Å². The Morgan fingerprint density at radius 3 is 2.45 bits per heavy atom. The van der Waals surface area contributed by atoms with Crippen LogP contribution in [0.1, 0.15) is 13.8 Å². The maximum atomic E-state index is 3.68. The average Bonchev–Trinajstić information content (AvgIpc) is 1.97. The lowest BCUT2D eigenvalue weighted by Crippen LogP contribution is -2.17. The molecule has 0 rings (SSSR count). The van der Waals surface area contributed by atoms with E-state index in [1.807, 2.05) is 6.08 Å². The van der Waals surface area contributed by atoms with Crippen LogP contribution in [-0.4, -0.2) is 6.54 Å². The number of rotatable bonds is 5. The van der Waals surface area contributed by atoms with Crippen LogP contribution in [-0.2, 0) is 0 Å². The molecule has 62 valence electrons. The number of hydrogen-bond acceptors (Lipinski definition) is 1. The van der Waals surface area contributed by atoms with Crippen LogP contribution in [0.4, 0.5) is 0 Å². The first-order valence-electron chi connectivity index (χ1n) is 3.89. The van der Waals surface area contributed by atoms with Gasteiger partial charge in [0.15, 0.2) is 0 Å². The zero-order valence-electron chi connectivity index (χ0n) is 7.43. The zero-order chi connectivity index (χ0) is 8.69. The molecule has 0 saturated heterocycles. The summed E-state index contributed by atoms with van der Waals surface area (Å²) < 4.78 is 0. The molecule has 1 heteroatoms. The van der Waals surface area contributed by atoms with Crippen LogP contribution in [0, 0.1) is 5.92 Å². The summed E-state index contributed by atoms with van der Waals surface area (Å²) in [5, 5.41) is 3.24. The van der Waals surface area contributed by atoms with Gasteiger partial charge >= 0.3 is 0 Å². The second-order valence-electron chi connectivity index (χ2n) is 2.84. The summed E-state index contributed by atoms with van der Waals surface area (Å²) in [7, 11) is 0. The van der Waals surface area contributed by atoms with Crippen molar-refractivity contribution in [2.24, 2.45) is 5.92 Å². The number of nitrogens with one attached hydrogen (secondary N) is 1. The highest BCUT2D eigenvalue weighted by atomic mass is 14.9. The molecule has 1 nitrogen and oxygen atoms in total. The molecule has 0 aliphatic heterocycles. The predicted octanol–water partition coefficient (Wildman–Crippen LogP) is 2.49. The molecule has 0 spiro atoms. The van der Waals surface area contributed by atoms with Crippen molar-refractivity contribution in [1.29, 1.82) is 0 Å². The van der Waals surface area contributed by atoms with E-state index < -0.39 is 0 Å². The van der Waals surface area contributed by atoms with Gasteiger partial charge in [-0.1, -0.05) is 33.1 Å². The Hall–Kier alpha value is -0.980. The van der Waals surface area contributed by atoms with E-state index in [9.17, 15) is 0 Å². The minimum absolute atomic E-state index is 0.656. The third-order valence-electron chi connectivity index (χ3n) is 1.23. The Balaban J connectivity index is 3.79. The lowest BCUT2D eigenvalue weighted by molar-refractivity contribution is 0.602. The molecule has 0 radical (unpaired) electrons. The lowest BCUT2D eigenvalue weighted by atomic mass is 10.2. The molecule has 11 heavy (non-hydrogen) atoms. The van der Waals surface area contributed by atoms with E-state index in [-0.39, 0.29) is 0 Å². The van der Waals surface area contributed by atoms with Crippen LogP contribution in [0.5, 0.6) is 0 Å². The van der Waals surface area contributed by atoms with Crippen molar-refractivity contribution in [3.8, 4) is 0 Å². The number of hydrogen-bond donors (Lipinski definition) is 1. The van der Waals surface area contributed by atoms with Gasteiger partial charge < -0.3 is 5.32 Å². The Bertz CT molecular complexity index is 154. The van der Waals surface area contributed by atoms with Gasteiger partial charge in [0.2, 0.25) is 0 Å². The van der Waals surface area contributed by atoms with Crippen LogP contribution in [0.3, 0.4) is 0 Å². The second kappa shape index (κ2) is 5.78. The molecule has 0 fully saturated rings. The highest BCUT2D eigenvalue weighted by molar-refractivity contribution is 5.18. The first-order valence-corrected chi connectivity index (χ1v) is 3.89. The van der Waals surface area contributed by atoms with E-state index in [0.29, 0.717) is 5.92 Å². The summed E-state index contributed by atoms with van der Waals surface area (Å²) in [6, 6.07) is 0. The molecule has 0 aromatic heterocycles. The van der Waals surface area contributed by atoms with Crippen molar-refractivity contribution in [1.82, 2.24) is 5.32 Å². The SMILES string of the molecule is C=C/C=C(\C=C)NCC(C)C. The third kappa shape index (κ3) is 5.46. The molecule has 0 saturated carbocycles. The summed E-state index contributed by atoms with van der Waals surface area (Å²) in [4.78, 5) is 0. The fourth-order valence-electron chi connectivity index (χ4n) is 0.648. The van der Waals surface area contributed by atoms with Crippen molar-refractivity contribution >= 4 is 0 Å². The monoisotopic (exact) mass is 151 g/mol. The van der Waals surface area contributed by atoms with Crippen molar-refractivity contribution < 1.29 is 0 Å². The Morgan fingerprint density at radius 2 is 2.09 bits per heavy atom. The molecule has 0 atom stereocenters. The van der Waals surface area contributed by atoms with Crippen molar-refractivity contribution in [3.05, 3.63) is 37.1 Å². The second-order valence-corrected chi connectivity index (χ2v) is 2.84. The molecule has 1 N–H and O–H groups in total. The van der Waals surface area contributed by atoms with Crippen LogP contribution in [0.2, 0.25) is 0 Å². The van der Waals surface area contributed by atoms with Crippen LogP contribution < -0.4 is 5.32 Å². The topological polar surface area (TPSA) is 12.0 Å². The molecule has 0 heterocycles. The van der Waals surface area contributed by atoms with Gasteiger partial charge in [-0.05, 0) is 18.1 Å². The fraction of sp³-hybridized carbons (Fsp3) is 0.400. The molecular weight excluding hydrogens is 134 g/mol. The molecule has 0 aromatic rings. The van der Waals surface area contributed by atoms with E-state index in [1.165, 1.54) is 0 Å². The first-order chi connectivity index (χ1) is 5.20. The summed E-state index contributed by atoms with van der Waals surface area (Å²) >= 11 is 0. The van der Waals surface area contributed by atoms with Gasteiger partial charge in [0.05, 0.1) is 0 Å². The minimum atomic E-state index is 0.656. The highest BCUT2D eigenvalue weighted by Gasteiger charge is 1.92. The Kier molecular flexibility index (Phi) is 5.26. The van der Waals surface area contributed by atoms with Crippen LogP contribution in [0.15, 0.2) is 37.1 Å². The largest absolute Gasteiger partial charge is 0.385 e. The standard InChI is InChI=1S/C10H17N/c1-5-7-10(6-2)11-8-9(3)4/h5-7,9,11H,1-2,8H2,3-4H3/b10-7+. The van der Waals surface area contributed by atoms with E-state index >= 15 is 0 Å². The molecule has 0 amide bonds. The Morgan fingerprint density at radius 1 is 1.45 bits per heavy atom. The summed E-state index contributed by atoms with van der Waals surface area (Å²) in [6.45, 7) is 12.6. The first kappa shape index (κ1) is 10.0. The summed E-state index contributed by atoms with van der Waals surface area (Å²) in [5.74, 6) is 0.656.